The van der Waals surface area contributed by atoms with Gasteiger partial charge in [-0.05, 0) is 38.5 Å². The number of nitrogens with zero attached hydrogens (tertiary/aromatic N) is 1. The van der Waals surface area contributed by atoms with Crippen molar-refractivity contribution in [2.45, 2.75) is 38.7 Å². The lowest BCUT2D eigenvalue weighted by Crippen LogP contribution is -2.45. The van der Waals surface area contributed by atoms with Crippen LogP contribution in [0.15, 0.2) is 18.2 Å². The Bertz CT molecular complexity index is 762. The minimum Gasteiger partial charge on any atom is -0.481 e. The molecule has 0 saturated carbocycles. The van der Waals surface area contributed by atoms with Crippen LogP contribution in [0, 0.1) is 0 Å². The largest absolute Gasteiger partial charge is 0.481 e. The number of halogens is 2. The molecule has 1 aromatic carbocycles. The summed E-state index contributed by atoms with van der Waals surface area (Å²) in [6.45, 7) is 3.44. The topological polar surface area (TPSA) is 91.3 Å². The van der Waals surface area contributed by atoms with Crippen LogP contribution >= 0.6 is 11.3 Å². The summed E-state index contributed by atoms with van der Waals surface area (Å²) in [5.74, 6) is -0.934. The van der Waals surface area contributed by atoms with E-state index in [-0.39, 0.29) is 17.8 Å². The number of carbonyl (C=O) groups excluding carboxylic acids is 1. The first kappa shape index (κ1) is 18.1. The van der Waals surface area contributed by atoms with Gasteiger partial charge in [-0.25, -0.2) is 18.6 Å². The summed E-state index contributed by atoms with van der Waals surface area (Å²) >= 11 is 0.873. The molecule has 0 bridgehead atoms. The molecule has 0 aliphatic rings. The number of nitrogens with one attached hydrogen (secondary N) is 2. The molecular formula is C15H17F2N3O3S. The molecule has 0 aliphatic heterocycles. The molecule has 24 heavy (non-hydrogen) atoms. The van der Waals surface area contributed by atoms with Crippen molar-refractivity contribution in [3.8, 4) is 0 Å². The molecule has 0 atom stereocenters. The highest BCUT2D eigenvalue weighted by Gasteiger charge is 2.21. The van der Waals surface area contributed by atoms with Crippen LogP contribution in [0.2, 0.25) is 0 Å². The molecule has 0 spiro atoms. The summed E-state index contributed by atoms with van der Waals surface area (Å²) in [5.41, 5.74) is 0.196. The Balaban J connectivity index is 2.03. The number of aliphatic carboxylic acids is 1. The van der Waals surface area contributed by atoms with Gasteiger partial charge in [-0.1, -0.05) is 0 Å². The Hall–Kier alpha value is -2.29. The number of carboxylic acid groups (broad SMARTS) is 1. The molecule has 130 valence electrons. The highest BCUT2D eigenvalue weighted by Crippen LogP contribution is 2.30. The Morgan fingerprint density at radius 2 is 2.08 bits per heavy atom. The zero-order valence-electron chi connectivity index (χ0n) is 13.1. The van der Waals surface area contributed by atoms with E-state index < -0.39 is 24.0 Å². The van der Waals surface area contributed by atoms with Gasteiger partial charge in [0, 0.05) is 17.6 Å². The number of amides is 2. The van der Waals surface area contributed by atoms with Crippen molar-refractivity contribution in [1.82, 2.24) is 10.3 Å². The molecule has 2 aromatic rings. The van der Waals surface area contributed by atoms with Crippen LogP contribution in [0.1, 0.15) is 38.1 Å². The van der Waals surface area contributed by atoms with Gasteiger partial charge in [0.15, 0.2) is 5.01 Å². The standard InChI is InChI=1S/C15H17F2N3O3S/c1-15(2,6-5-11(21)22)20-14(23)18-8-3-4-9-10(7-8)24-13(19-9)12(16)17/h3-4,7,12H,5-6H2,1-2H3,(H,21,22)(H2,18,20,23). The van der Waals surface area contributed by atoms with E-state index in [1.165, 1.54) is 0 Å². The van der Waals surface area contributed by atoms with Crippen LogP contribution in [0.3, 0.4) is 0 Å². The zero-order valence-corrected chi connectivity index (χ0v) is 13.9. The molecule has 9 heteroatoms. The van der Waals surface area contributed by atoms with Crippen molar-refractivity contribution < 1.29 is 23.5 Å². The number of hydrogen-bond acceptors (Lipinski definition) is 4. The van der Waals surface area contributed by atoms with Crippen molar-refractivity contribution in [3.63, 3.8) is 0 Å². The Labute approximate surface area is 140 Å². The van der Waals surface area contributed by atoms with Gasteiger partial charge in [-0.15, -0.1) is 11.3 Å². The number of carbonyl (C=O) groups is 2. The van der Waals surface area contributed by atoms with E-state index >= 15 is 0 Å². The predicted octanol–water partition coefficient (Wildman–Crippen LogP) is 4.00. The molecule has 1 heterocycles. The number of rotatable bonds is 6. The van der Waals surface area contributed by atoms with Crippen LogP contribution in [0.4, 0.5) is 19.3 Å². The average Bonchev–Trinajstić information content (AvgIpc) is 2.88. The third kappa shape index (κ3) is 4.85. The number of urea groups is 1. The quantitative estimate of drug-likeness (QED) is 0.729. The van der Waals surface area contributed by atoms with Crippen molar-refractivity contribution in [3.05, 3.63) is 23.2 Å². The highest BCUT2D eigenvalue weighted by molar-refractivity contribution is 7.18. The normalized spacial score (nSPS) is 11.7. The number of fused-ring (bicyclic) bond motifs is 1. The average molecular weight is 357 g/mol. The van der Waals surface area contributed by atoms with E-state index in [9.17, 15) is 18.4 Å². The van der Waals surface area contributed by atoms with Gasteiger partial charge >= 0.3 is 12.0 Å². The molecule has 1 aromatic heterocycles. The Morgan fingerprint density at radius 1 is 1.38 bits per heavy atom. The summed E-state index contributed by atoms with van der Waals surface area (Å²) in [6, 6.07) is 4.20. The fourth-order valence-electron chi connectivity index (χ4n) is 2.07. The monoisotopic (exact) mass is 357 g/mol. The number of alkyl halides is 2. The third-order valence-corrected chi connectivity index (χ3v) is 4.29. The lowest BCUT2D eigenvalue weighted by molar-refractivity contribution is -0.137. The summed E-state index contributed by atoms with van der Waals surface area (Å²) in [6.07, 6.45) is -2.41. The van der Waals surface area contributed by atoms with Crippen LogP contribution in [-0.2, 0) is 4.79 Å². The molecule has 2 rings (SSSR count). The van der Waals surface area contributed by atoms with Crippen LogP contribution in [0.25, 0.3) is 10.2 Å². The molecule has 0 unspecified atom stereocenters. The molecule has 0 aliphatic carbocycles. The predicted molar refractivity (Wildman–Crippen MR) is 87.7 cm³/mol. The van der Waals surface area contributed by atoms with E-state index in [0.29, 0.717) is 15.9 Å². The van der Waals surface area contributed by atoms with Gasteiger partial charge in [0.2, 0.25) is 0 Å². The van der Waals surface area contributed by atoms with Crippen molar-refractivity contribution in [1.29, 1.82) is 0 Å². The van der Waals surface area contributed by atoms with Gasteiger partial charge in [0.25, 0.3) is 6.43 Å². The lowest BCUT2D eigenvalue weighted by Gasteiger charge is -2.25. The summed E-state index contributed by atoms with van der Waals surface area (Å²) in [5, 5.41) is 13.7. The number of anilines is 1. The zero-order chi connectivity index (χ0) is 17.9. The van der Waals surface area contributed by atoms with Gasteiger partial charge in [-0.3, -0.25) is 4.79 Å². The molecule has 2 amide bonds. The fraction of sp³-hybridized carbons (Fsp3) is 0.400. The maximum Gasteiger partial charge on any atom is 0.319 e. The molecule has 3 N–H and O–H groups in total. The first-order chi connectivity index (χ1) is 11.2. The van der Waals surface area contributed by atoms with Crippen LogP contribution < -0.4 is 10.6 Å². The van der Waals surface area contributed by atoms with E-state index in [4.69, 9.17) is 5.11 Å². The first-order valence-corrected chi connectivity index (χ1v) is 7.97. The molecule has 0 saturated heterocycles. The second-order valence-corrected chi connectivity index (χ2v) is 6.95. The van der Waals surface area contributed by atoms with Gasteiger partial charge in [0.05, 0.1) is 10.2 Å². The molecule has 6 nitrogen and oxygen atoms in total. The summed E-state index contributed by atoms with van der Waals surface area (Å²) < 4.78 is 25.9. The van der Waals surface area contributed by atoms with Crippen LogP contribution in [0.5, 0.6) is 0 Å². The van der Waals surface area contributed by atoms with Crippen molar-refractivity contribution in [2.75, 3.05) is 5.32 Å². The number of carboxylic acids is 1. The fourth-order valence-corrected chi connectivity index (χ4v) is 2.93. The van der Waals surface area contributed by atoms with E-state index in [1.807, 2.05) is 0 Å². The second kappa shape index (κ2) is 7.08. The minimum atomic E-state index is -2.63. The maximum atomic E-state index is 12.7. The first-order valence-electron chi connectivity index (χ1n) is 7.16. The lowest BCUT2D eigenvalue weighted by atomic mass is 9.99. The van der Waals surface area contributed by atoms with Crippen molar-refractivity contribution in [2.24, 2.45) is 0 Å². The number of benzene rings is 1. The number of aromatic nitrogens is 1. The van der Waals surface area contributed by atoms with Gasteiger partial charge in [-0.2, -0.15) is 0 Å². The number of thiazole rings is 1. The summed E-state index contributed by atoms with van der Waals surface area (Å²) in [7, 11) is 0. The van der Waals surface area contributed by atoms with Gasteiger partial charge < -0.3 is 15.7 Å². The minimum absolute atomic E-state index is 0.0590. The van der Waals surface area contributed by atoms with Crippen LogP contribution in [-0.4, -0.2) is 27.6 Å². The van der Waals surface area contributed by atoms with Crippen molar-refractivity contribution >= 4 is 39.2 Å². The number of hydrogen-bond donors (Lipinski definition) is 3. The smallest absolute Gasteiger partial charge is 0.319 e. The summed E-state index contributed by atoms with van der Waals surface area (Å²) in [4.78, 5) is 26.4. The Morgan fingerprint density at radius 3 is 2.71 bits per heavy atom. The van der Waals surface area contributed by atoms with E-state index in [1.54, 1.807) is 32.0 Å². The Kier molecular flexibility index (Phi) is 5.33. The second-order valence-electron chi connectivity index (χ2n) is 5.89. The highest BCUT2D eigenvalue weighted by atomic mass is 32.1. The van der Waals surface area contributed by atoms with Gasteiger partial charge in [0.1, 0.15) is 0 Å². The molecular weight excluding hydrogens is 340 g/mol. The molecule has 0 radical (unpaired) electrons. The van der Waals surface area contributed by atoms with E-state index in [2.05, 4.69) is 15.6 Å². The van der Waals surface area contributed by atoms with E-state index in [0.717, 1.165) is 11.3 Å². The molecule has 0 fully saturated rings. The maximum absolute atomic E-state index is 12.7. The third-order valence-electron chi connectivity index (χ3n) is 3.27. The SMILES string of the molecule is CC(C)(CCC(=O)O)NC(=O)Nc1ccc2nc(C(F)F)sc2c1.